The molecule has 0 aliphatic heterocycles. The number of nitrogens with zero attached hydrogens (tertiary/aromatic N) is 1. The molecule has 33 heavy (non-hydrogen) atoms. The lowest BCUT2D eigenvalue weighted by Crippen LogP contribution is -2.29. The maximum absolute atomic E-state index is 12.5. The minimum Gasteiger partial charge on any atom is -0.352 e. The number of amides is 1. The molecular weight excluding hydrogens is 479 g/mol. The highest BCUT2D eigenvalue weighted by Crippen LogP contribution is 2.34. The Labute approximate surface area is 205 Å². The number of rotatable bonds is 9. The molecule has 1 N–H and O–H groups in total. The van der Waals surface area contributed by atoms with E-state index >= 15 is 0 Å². The minimum absolute atomic E-state index is 0.0668. The standard InChI is InChI=1S/C25H26Cl2N2O3S/c1-18-6-3-7-19(16-18)8-5-15-28-25(30)21-13-11-20(12-14-21)17-29(33(2,31)32)23-10-4-9-22(26)24(23)27/h3-4,6-7,9-14,16H,5,8,15,17H2,1-2H3,(H,28,30). The van der Waals surface area contributed by atoms with Crippen molar-refractivity contribution in [3.8, 4) is 0 Å². The SMILES string of the molecule is Cc1cccc(CCCNC(=O)c2ccc(CN(c3cccc(Cl)c3Cl)S(C)(=O)=O)cc2)c1. The van der Waals surface area contributed by atoms with Gasteiger partial charge in [-0.15, -0.1) is 0 Å². The average molecular weight is 505 g/mol. The highest BCUT2D eigenvalue weighted by molar-refractivity contribution is 7.92. The number of hydrogen-bond donors (Lipinski definition) is 1. The van der Waals surface area contributed by atoms with Crippen LogP contribution < -0.4 is 9.62 Å². The number of benzene rings is 3. The second kappa shape index (κ2) is 11.1. The number of carbonyl (C=O) groups is 1. The number of sulfonamides is 1. The van der Waals surface area contributed by atoms with Crippen molar-refractivity contribution in [1.82, 2.24) is 5.32 Å². The van der Waals surface area contributed by atoms with Gasteiger partial charge in [0.25, 0.3) is 5.91 Å². The van der Waals surface area contributed by atoms with Crippen LogP contribution in [0.5, 0.6) is 0 Å². The first-order valence-corrected chi connectivity index (χ1v) is 13.1. The molecule has 0 atom stereocenters. The average Bonchev–Trinajstić information content (AvgIpc) is 2.77. The molecule has 1 amide bonds. The number of aryl methyl sites for hydroxylation is 2. The van der Waals surface area contributed by atoms with Crippen LogP contribution in [-0.2, 0) is 23.0 Å². The molecule has 0 aromatic heterocycles. The van der Waals surface area contributed by atoms with E-state index in [1.54, 1.807) is 42.5 Å². The number of carbonyl (C=O) groups excluding carboxylic acids is 1. The molecule has 0 aliphatic rings. The van der Waals surface area contributed by atoms with E-state index in [2.05, 4.69) is 30.4 Å². The molecule has 0 radical (unpaired) electrons. The topological polar surface area (TPSA) is 66.5 Å². The van der Waals surface area contributed by atoms with Gasteiger partial charge in [-0.05, 0) is 55.2 Å². The summed E-state index contributed by atoms with van der Waals surface area (Å²) in [5.74, 6) is -0.163. The van der Waals surface area contributed by atoms with Gasteiger partial charge < -0.3 is 5.32 Å². The third-order valence-corrected chi connectivity index (χ3v) is 7.09. The van der Waals surface area contributed by atoms with Crippen molar-refractivity contribution < 1.29 is 13.2 Å². The molecule has 0 saturated carbocycles. The van der Waals surface area contributed by atoms with Crippen molar-refractivity contribution in [2.75, 3.05) is 17.1 Å². The van der Waals surface area contributed by atoms with Crippen molar-refractivity contribution in [3.05, 3.63) is 99.0 Å². The molecule has 0 bridgehead atoms. The van der Waals surface area contributed by atoms with Crippen LogP contribution in [0.1, 0.15) is 33.5 Å². The third-order valence-electron chi connectivity index (χ3n) is 5.15. The molecule has 174 valence electrons. The summed E-state index contributed by atoms with van der Waals surface area (Å²) >= 11 is 12.3. The predicted octanol–water partition coefficient (Wildman–Crippen LogP) is 5.63. The van der Waals surface area contributed by atoms with Crippen molar-refractivity contribution in [2.24, 2.45) is 0 Å². The van der Waals surface area contributed by atoms with Gasteiger partial charge in [-0.3, -0.25) is 9.10 Å². The van der Waals surface area contributed by atoms with Gasteiger partial charge in [-0.1, -0.05) is 71.2 Å². The molecule has 0 unspecified atom stereocenters. The molecule has 0 fully saturated rings. The molecule has 0 heterocycles. The molecule has 5 nitrogen and oxygen atoms in total. The number of nitrogens with one attached hydrogen (secondary N) is 1. The molecule has 3 aromatic rings. The van der Waals surface area contributed by atoms with E-state index in [1.165, 1.54) is 15.4 Å². The number of halogens is 2. The van der Waals surface area contributed by atoms with Crippen molar-refractivity contribution in [3.63, 3.8) is 0 Å². The van der Waals surface area contributed by atoms with Gasteiger partial charge >= 0.3 is 0 Å². The van der Waals surface area contributed by atoms with Crippen molar-refractivity contribution in [1.29, 1.82) is 0 Å². The summed E-state index contributed by atoms with van der Waals surface area (Å²) in [4.78, 5) is 12.5. The summed E-state index contributed by atoms with van der Waals surface area (Å²) in [7, 11) is -3.61. The molecule has 8 heteroatoms. The van der Waals surface area contributed by atoms with Gasteiger partial charge in [-0.2, -0.15) is 0 Å². The normalized spacial score (nSPS) is 11.3. The van der Waals surface area contributed by atoms with Gasteiger partial charge in [0.2, 0.25) is 10.0 Å². The number of anilines is 1. The van der Waals surface area contributed by atoms with Gasteiger partial charge in [0.05, 0.1) is 28.5 Å². The zero-order valence-corrected chi connectivity index (χ0v) is 20.8. The molecule has 0 saturated heterocycles. The van der Waals surface area contributed by atoms with E-state index in [0.717, 1.165) is 19.1 Å². The molecular formula is C25H26Cl2N2O3S. The predicted molar refractivity (Wildman–Crippen MR) is 136 cm³/mol. The van der Waals surface area contributed by atoms with Crippen LogP contribution in [0.25, 0.3) is 0 Å². The Bertz CT molecular complexity index is 1230. The van der Waals surface area contributed by atoms with Gasteiger partial charge in [-0.25, -0.2) is 8.42 Å². The lowest BCUT2D eigenvalue weighted by molar-refractivity contribution is 0.0953. The summed E-state index contributed by atoms with van der Waals surface area (Å²) in [5.41, 5.74) is 4.02. The number of hydrogen-bond acceptors (Lipinski definition) is 3. The maximum Gasteiger partial charge on any atom is 0.251 e. The van der Waals surface area contributed by atoms with E-state index in [1.807, 2.05) is 6.07 Å². The molecule has 3 aromatic carbocycles. The second-order valence-corrected chi connectivity index (χ2v) is 10.6. The summed E-state index contributed by atoms with van der Waals surface area (Å²) < 4.78 is 26.0. The summed E-state index contributed by atoms with van der Waals surface area (Å²) in [6, 6.07) is 20.0. The Morgan fingerprint density at radius 1 is 0.970 bits per heavy atom. The minimum atomic E-state index is -3.61. The van der Waals surface area contributed by atoms with Gasteiger partial charge in [0.15, 0.2) is 0 Å². The van der Waals surface area contributed by atoms with E-state index < -0.39 is 10.0 Å². The second-order valence-electron chi connectivity index (χ2n) is 7.89. The van der Waals surface area contributed by atoms with E-state index in [0.29, 0.717) is 23.4 Å². The van der Waals surface area contributed by atoms with E-state index in [9.17, 15) is 13.2 Å². The van der Waals surface area contributed by atoms with E-state index in [-0.39, 0.29) is 22.5 Å². The highest BCUT2D eigenvalue weighted by atomic mass is 35.5. The fourth-order valence-electron chi connectivity index (χ4n) is 3.46. The third kappa shape index (κ3) is 6.97. The fraction of sp³-hybridized carbons (Fsp3) is 0.240. The largest absolute Gasteiger partial charge is 0.352 e. The van der Waals surface area contributed by atoms with Crippen LogP contribution in [0.2, 0.25) is 10.0 Å². The quantitative estimate of drug-likeness (QED) is 0.384. The zero-order valence-electron chi connectivity index (χ0n) is 18.5. The van der Waals surface area contributed by atoms with Crippen LogP contribution in [0.15, 0.2) is 66.7 Å². The van der Waals surface area contributed by atoms with E-state index in [4.69, 9.17) is 23.2 Å². The molecule has 0 spiro atoms. The maximum atomic E-state index is 12.5. The first-order valence-electron chi connectivity index (χ1n) is 10.5. The van der Waals surface area contributed by atoms with Crippen molar-refractivity contribution in [2.45, 2.75) is 26.3 Å². The smallest absolute Gasteiger partial charge is 0.251 e. The Morgan fingerprint density at radius 2 is 1.67 bits per heavy atom. The van der Waals surface area contributed by atoms with Crippen LogP contribution in [-0.4, -0.2) is 27.1 Å². The monoisotopic (exact) mass is 504 g/mol. The first-order chi connectivity index (χ1) is 15.6. The Morgan fingerprint density at radius 3 is 2.33 bits per heavy atom. The summed E-state index contributed by atoms with van der Waals surface area (Å²) in [6.07, 6.45) is 2.86. The van der Waals surface area contributed by atoms with Crippen LogP contribution in [0.3, 0.4) is 0 Å². The Kier molecular flexibility index (Phi) is 8.40. The Balaban J connectivity index is 1.61. The van der Waals surface area contributed by atoms with Crippen LogP contribution >= 0.6 is 23.2 Å². The van der Waals surface area contributed by atoms with Crippen LogP contribution in [0, 0.1) is 6.92 Å². The molecule has 0 aliphatic carbocycles. The van der Waals surface area contributed by atoms with Gasteiger partial charge in [0.1, 0.15) is 0 Å². The Hall–Kier alpha value is -2.54. The van der Waals surface area contributed by atoms with Gasteiger partial charge in [0, 0.05) is 12.1 Å². The lowest BCUT2D eigenvalue weighted by Gasteiger charge is -2.24. The lowest BCUT2D eigenvalue weighted by atomic mass is 10.1. The van der Waals surface area contributed by atoms with Crippen LogP contribution in [0.4, 0.5) is 5.69 Å². The molecule has 3 rings (SSSR count). The highest BCUT2D eigenvalue weighted by Gasteiger charge is 2.21. The summed E-state index contributed by atoms with van der Waals surface area (Å²) in [6.45, 7) is 2.70. The van der Waals surface area contributed by atoms with Crippen molar-refractivity contribution >= 4 is 44.8 Å². The zero-order chi connectivity index (χ0) is 24.0. The first kappa shape index (κ1) is 25.1. The summed E-state index contributed by atoms with van der Waals surface area (Å²) in [5, 5.41) is 3.38. The fourth-order valence-corrected chi connectivity index (χ4v) is 4.80.